The summed E-state index contributed by atoms with van der Waals surface area (Å²) in [6.07, 6.45) is 0.713. The summed E-state index contributed by atoms with van der Waals surface area (Å²) < 4.78 is 0. The van der Waals surface area contributed by atoms with Gasteiger partial charge in [0.15, 0.2) is 0 Å². The summed E-state index contributed by atoms with van der Waals surface area (Å²) in [6, 6.07) is 0. The third-order valence-electron chi connectivity index (χ3n) is 1.10. The zero-order valence-corrected chi connectivity index (χ0v) is 3.68. The molecule has 0 aromatic carbocycles. The topological polar surface area (TPSA) is 60.4 Å². The summed E-state index contributed by atoms with van der Waals surface area (Å²) in [5.74, 6) is -1.34. The van der Waals surface area contributed by atoms with E-state index in [0.717, 1.165) is 0 Å². The molecule has 0 amide bonds. The molecule has 1 saturated carbocycles. The maximum atomic E-state index is 9.72. The monoisotopic (exact) mass is 101 g/mol. The largest absolute Gasteiger partial charge is 0.547 e. The Morgan fingerprint density at radius 3 is 2.14 bits per heavy atom. The molecule has 0 bridgehead atoms. The number of aliphatic hydroxyl groups is 1. The summed E-state index contributed by atoms with van der Waals surface area (Å²) in [4.78, 5) is 9.72. The number of hydrogen-bond acceptors (Lipinski definition) is 3. The Morgan fingerprint density at radius 1 is 1.71 bits per heavy atom. The van der Waals surface area contributed by atoms with Gasteiger partial charge in [-0.1, -0.05) is 0 Å². The number of hydrogen-bond donors (Lipinski definition) is 1. The van der Waals surface area contributed by atoms with Gasteiger partial charge in [0.05, 0.1) is 5.97 Å². The summed E-state index contributed by atoms with van der Waals surface area (Å²) in [5.41, 5.74) is -1.44. The first-order valence-corrected chi connectivity index (χ1v) is 2.09. The molecule has 0 aromatic heterocycles. The van der Waals surface area contributed by atoms with Crippen molar-refractivity contribution in [2.24, 2.45) is 0 Å². The van der Waals surface area contributed by atoms with Gasteiger partial charge in [-0.15, -0.1) is 0 Å². The van der Waals surface area contributed by atoms with Crippen molar-refractivity contribution in [2.45, 2.75) is 18.4 Å². The number of carboxylic acid groups (broad SMARTS) is 1. The molecule has 0 atom stereocenters. The normalized spacial score (nSPS) is 24.1. The lowest BCUT2D eigenvalue weighted by Gasteiger charge is -2.05. The molecule has 0 heterocycles. The SMILES string of the molecule is O=C([O-])C1(O)CC1. The summed E-state index contributed by atoms with van der Waals surface area (Å²) in [5, 5.41) is 18.3. The predicted molar refractivity (Wildman–Crippen MR) is 19.2 cm³/mol. The van der Waals surface area contributed by atoms with Crippen LogP contribution >= 0.6 is 0 Å². The fourth-order valence-corrected chi connectivity index (χ4v) is 0.323. The Bertz CT molecular complexity index is 104. The zero-order chi connectivity index (χ0) is 5.49. The Balaban J connectivity index is 2.55. The minimum absolute atomic E-state index is 0.356. The van der Waals surface area contributed by atoms with E-state index in [4.69, 9.17) is 5.11 Å². The first-order valence-electron chi connectivity index (χ1n) is 2.09. The van der Waals surface area contributed by atoms with E-state index in [1.807, 2.05) is 0 Å². The van der Waals surface area contributed by atoms with Gasteiger partial charge in [0.25, 0.3) is 0 Å². The molecule has 1 aliphatic carbocycles. The third-order valence-corrected chi connectivity index (χ3v) is 1.10. The third kappa shape index (κ3) is 0.587. The highest BCUT2D eigenvalue weighted by Crippen LogP contribution is 2.33. The van der Waals surface area contributed by atoms with Crippen LogP contribution in [-0.4, -0.2) is 16.7 Å². The Kier molecular flexibility index (Phi) is 0.642. The number of carbonyl (C=O) groups is 1. The smallest absolute Gasteiger partial charge is 0.104 e. The van der Waals surface area contributed by atoms with Crippen LogP contribution < -0.4 is 5.11 Å². The van der Waals surface area contributed by atoms with Crippen LogP contribution in [0.25, 0.3) is 0 Å². The van der Waals surface area contributed by atoms with Gasteiger partial charge in [0.1, 0.15) is 5.60 Å². The van der Waals surface area contributed by atoms with Gasteiger partial charge >= 0.3 is 0 Å². The summed E-state index contributed by atoms with van der Waals surface area (Å²) in [7, 11) is 0. The molecule has 0 aromatic rings. The number of carbonyl (C=O) groups excluding carboxylic acids is 1. The second-order valence-electron chi connectivity index (χ2n) is 1.82. The van der Waals surface area contributed by atoms with Gasteiger partial charge < -0.3 is 15.0 Å². The van der Waals surface area contributed by atoms with E-state index in [2.05, 4.69) is 0 Å². The molecule has 0 radical (unpaired) electrons. The summed E-state index contributed by atoms with van der Waals surface area (Å²) >= 11 is 0. The van der Waals surface area contributed by atoms with Crippen LogP contribution in [0.3, 0.4) is 0 Å². The molecule has 0 spiro atoms. The molecule has 0 aliphatic heterocycles. The molecule has 7 heavy (non-hydrogen) atoms. The van der Waals surface area contributed by atoms with Crippen molar-refractivity contribution in [3.05, 3.63) is 0 Å². The average Bonchev–Trinajstić information content (AvgIpc) is 2.21. The van der Waals surface area contributed by atoms with E-state index >= 15 is 0 Å². The van der Waals surface area contributed by atoms with Crippen LogP contribution in [0.5, 0.6) is 0 Å². The Labute approximate surface area is 40.6 Å². The van der Waals surface area contributed by atoms with Crippen molar-refractivity contribution in [3.8, 4) is 0 Å². The minimum atomic E-state index is -1.44. The van der Waals surface area contributed by atoms with E-state index < -0.39 is 11.6 Å². The van der Waals surface area contributed by atoms with Crippen LogP contribution in [0, 0.1) is 0 Å². The lowest BCUT2D eigenvalue weighted by atomic mass is 10.4. The molecule has 3 nitrogen and oxygen atoms in total. The maximum Gasteiger partial charge on any atom is 0.104 e. The average molecular weight is 101 g/mol. The molecule has 0 unspecified atom stereocenters. The van der Waals surface area contributed by atoms with Crippen LogP contribution in [0.4, 0.5) is 0 Å². The van der Waals surface area contributed by atoms with Crippen LogP contribution in [0.1, 0.15) is 12.8 Å². The molecule has 0 saturated heterocycles. The van der Waals surface area contributed by atoms with Crippen molar-refractivity contribution < 1.29 is 15.0 Å². The van der Waals surface area contributed by atoms with Crippen molar-refractivity contribution in [1.82, 2.24) is 0 Å². The zero-order valence-electron chi connectivity index (χ0n) is 3.68. The van der Waals surface area contributed by atoms with Gasteiger partial charge in [-0.05, 0) is 12.8 Å². The van der Waals surface area contributed by atoms with Gasteiger partial charge in [0, 0.05) is 0 Å². The molecule has 1 rings (SSSR count). The fourth-order valence-electron chi connectivity index (χ4n) is 0.323. The van der Waals surface area contributed by atoms with Gasteiger partial charge in [-0.25, -0.2) is 0 Å². The van der Waals surface area contributed by atoms with E-state index in [0.29, 0.717) is 12.8 Å². The van der Waals surface area contributed by atoms with E-state index in [1.165, 1.54) is 0 Å². The lowest BCUT2D eigenvalue weighted by Crippen LogP contribution is -2.37. The van der Waals surface area contributed by atoms with Crippen LogP contribution in [-0.2, 0) is 4.79 Å². The van der Waals surface area contributed by atoms with E-state index in [-0.39, 0.29) is 0 Å². The van der Waals surface area contributed by atoms with Crippen molar-refractivity contribution >= 4 is 5.97 Å². The Hall–Kier alpha value is -0.570. The second-order valence-corrected chi connectivity index (χ2v) is 1.82. The number of rotatable bonds is 1. The van der Waals surface area contributed by atoms with Crippen molar-refractivity contribution in [1.29, 1.82) is 0 Å². The molecule has 1 aliphatic rings. The highest BCUT2D eigenvalue weighted by Gasteiger charge is 2.41. The standard InChI is InChI=1S/C4H6O3/c5-3(6)4(7)1-2-4/h7H,1-2H2,(H,5,6)/p-1. The highest BCUT2D eigenvalue weighted by molar-refractivity contribution is 5.78. The molecular formula is C4H5O3-. The fraction of sp³-hybridized carbons (Fsp3) is 0.750. The molecule has 1 N–H and O–H groups in total. The summed E-state index contributed by atoms with van der Waals surface area (Å²) in [6.45, 7) is 0. The highest BCUT2D eigenvalue weighted by atomic mass is 16.4. The molecule has 1 fully saturated rings. The van der Waals surface area contributed by atoms with E-state index in [1.54, 1.807) is 0 Å². The predicted octanol–water partition coefficient (Wildman–Crippen LogP) is -1.74. The van der Waals surface area contributed by atoms with Gasteiger partial charge in [-0.3, -0.25) is 0 Å². The first kappa shape index (κ1) is 4.59. The van der Waals surface area contributed by atoms with Crippen molar-refractivity contribution in [3.63, 3.8) is 0 Å². The van der Waals surface area contributed by atoms with Crippen LogP contribution in [0.2, 0.25) is 0 Å². The maximum absolute atomic E-state index is 9.72. The molecule has 3 heteroatoms. The quantitative estimate of drug-likeness (QED) is 0.426. The van der Waals surface area contributed by atoms with Gasteiger partial charge in [-0.2, -0.15) is 0 Å². The number of aliphatic carboxylic acids is 1. The van der Waals surface area contributed by atoms with Gasteiger partial charge in [0.2, 0.25) is 0 Å². The van der Waals surface area contributed by atoms with E-state index in [9.17, 15) is 9.90 Å². The minimum Gasteiger partial charge on any atom is -0.547 e. The van der Waals surface area contributed by atoms with Crippen molar-refractivity contribution in [2.75, 3.05) is 0 Å². The molecule has 40 valence electrons. The lowest BCUT2D eigenvalue weighted by molar-refractivity contribution is -0.317. The number of carboxylic acids is 1. The Morgan fingerprint density at radius 2 is 2.14 bits per heavy atom. The molecular weight excluding hydrogens is 96.0 g/mol. The first-order chi connectivity index (χ1) is 3.15. The van der Waals surface area contributed by atoms with Crippen LogP contribution in [0.15, 0.2) is 0 Å². The second kappa shape index (κ2) is 0.980.